The van der Waals surface area contributed by atoms with Crippen LogP contribution in [0.15, 0.2) is 0 Å². The van der Waals surface area contributed by atoms with E-state index in [-0.39, 0.29) is 65.4 Å². The zero-order chi connectivity index (χ0) is 22.3. The van der Waals surface area contributed by atoms with Crippen LogP contribution < -0.4 is 29.6 Å². The summed E-state index contributed by atoms with van der Waals surface area (Å²) in [5.74, 6) is -2.04. The Morgan fingerprint density at radius 2 is 1.24 bits per heavy atom. The molecule has 0 aromatic rings. The monoisotopic (exact) mass is 444 g/mol. The molecule has 0 saturated carbocycles. The van der Waals surface area contributed by atoms with Crippen molar-refractivity contribution >= 4 is 22.1 Å². The molecule has 0 spiro atoms. The Hall–Kier alpha value is -0.150. The average Bonchev–Trinajstić information content (AvgIpc) is 2.43. The predicted molar refractivity (Wildman–Crippen MR) is 106 cm³/mol. The Morgan fingerprint density at radius 3 is 1.59 bits per heavy atom. The van der Waals surface area contributed by atoms with Crippen LogP contribution in [-0.2, 0) is 29.2 Å². The van der Waals surface area contributed by atoms with E-state index in [1.165, 1.54) is 0 Å². The molecule has 3 unspecified atom stereocenters. The molecule has 0 bridgehead atoms. The van der Waals surface area contributed by atoms with Gasteiger partial charge in [0.05, 0.1) is 19.6 Å². The van der Waals surface area contributed by atoms with Gasteiger partial charge in [-0.1, -0.05) is 55.4 Å². The Bertz CT molecular complexity index is 618. The summed E-state index contributed by atoms with van der Waals surface area (Å²) in [6.07, 6.45) is 0.723. The van der Waals surface area contributed by atoms with E-state index in [4.69, 9.17) is 9.47 Å². The normalized spacial score (nSPS) is 15.6. The second-order valence-electron chi connectivity index (χ2n) is 10.2. The first-order valence-corrected chi connectivity index (χ1v) is 11.1. The van der Waals surface area contributed by atoms with Gasteiger partial charge in [0.2, 0.25) is 0 Å². The third-order valence-electron chi connectivity index (χ3n) is 3.92. The molecule has 0 saturated heterocycles. The molecule has 0 aromatic carbocycles. The molecule has 0 fully saturated rings. The molecule has 0 aromatic heterocycles. The Morgan fingerprint density at radius 1 is 0.862 bits per heavy atom. The third-order valence-corrected chi connectivity index (χ3v) is 4.98. The minimum absolute atomic E-state index is 0. The zero-order valence-electron chi connectivity index (χ0n) is 19.5. The molecule has 7 nitrogen and oxygen atoms in total. The van der Waals surface area contributed by atoms with Gasteiger partial charge in [-0.25, -0.2) is 8.42 Å². The first kappa shape index (κ1) is 31.0. The van der Waals surface area contributed by atoms with Crippen LogP contribution in [0.25, 0.3) is 0 Å². The van der Waals surface area contributed by atoms with Crippen molar-refractivity contribution in [1.82, 2.24) is 0 Å². The van der Waals surface area contributed by atoms with E-state index in [2.05, 4.69) is 20.8 Å². The third kappa shape index (κ3) is 16.2. The van der Waals surface area contributed by atoms with Gasteiger partial charge in [-0.05, 0) is 35.5 Å². The number of hydrogen-bond donors (Lipinski definition) is 0. The molecule has 0 aliphatic rings. The second kappa shape index (κ2) is 12.6. The Balaban J connectivity index is 0. The van der Waals surface area contributed by atoms with E-state index in [0.29, 0.717) is 0 Å². The van der Waals surface area contributed by atoms with E-state index in [1.54, 1.807) is 0 Å². The molecule has 0 radical (unpaired) electrons. The molecule has 0 aliphatic heterocycles. The minimum atomic E-state index is -5.03. The maximum absolute atomic E-state index is 12.1. The van der Waals surface area contributed by atoms with E-state index < -0.39 is 33.7 Å². The fraction of sp³-hybridized carbons (Fsp3) is 0.900. The maximum atomic E-state index is 12.1. The summed E-state index contributed by atoms with van der Waals surface area (Å²) < 4.78 is 44.4. The number of rotatable bonds is 10. The summed E-state index contributed by atoms with van der Waals surface area (Å²) in [5, 5.41) is -2.08. The van der Waals surface area contributed by atoms with Gasteiger partial charge in [-0.2, -0.15) is 0 Å². The van der Waals surface area contributed by atoms with Gasteiger partial charge in [0.25, 0.3) is 0 Å². The molecule has 3 atom stereocenters. The number of carbonyl (C=O) groups is 2. The molecule has 0 amide bonds. The molecular weight excluding hydrogens is 407 g/mol. The van der Waals surface area contributed by atoms with Crippen molar-refractivity contribution in [3.63, 3.8) is 0 Å². The van der Waals surface area contributed by atoms with Crippen LogP contribution in [0.4, 0.5) is 0 Å². The number of ether oxygens (including phenoxy) is 2. The van der Waals surface area contributed by atoms with Crippen molar-refractivity contribution in [2.75, 3.05) is 13.2 Å². The minimum Gasteiger partial charge on any atom is -0.747 e. The standard InChI is InChI=1S/C20H38O7S.Na/c1-14(10-19(3,4)5)12-26-17(21)9-16(28(23,24)25)18(22)27-13-15(2)11-20(6,7)8;/h14-16H,9-13H2,1-8H3,(H,23,24,25);/q;+1/p-1. The van der Waals surface area contributed by atoms with Crippen LogP contribution in [0.2, 0.25) is 0 Å². The van der Waals surface area contributed by atoms with Crippen LogP contribution >= 0.6 is 0 Å². The first-order chi connectivity index (χ1) is 12.4. The summed E-state index contributed by atoms with van der Waals surface area (Å²) >= 11 is 0. The van der Waals surface area contributed by atoms with Gasteiger partial charge < -0.3 is 14.0 Å². The van der Waals surface area contributed by atoms with E-state index in [9.17, 15) is 22.6 Å². The largest absolute Gasteiger partial charge is 1.00 e. The Labute approximate surface area is 198 Å². The van der Waals surface area contributed by atoms with Crippen LogP contribution in [0.1, 0.15) is 74.7 Å². The van der Waals surface area contributed by atoms with E-state index in [1.807, 2.05) is 34.6 Å². The molecule has 0 N–H and O–H groups in total. The van der Waals surface area contributed by atoms with Gasteiger partial charge >= 0.3 is 41.5 Å². The molecular formula is C20H37NaO7S. The fourth-order valence-electron chi connectivity index (χ4n) is 3.27. The maximum Gasteiger partial charge on any atom is 1.00 e. The smallest absolute Gasteiger partial charge is 0.747 e. The number of carbonyl (C=O) groups excluding carboxylic acids is 2. The van der Waals surface area contributed by atoms with Gasteiger partial charge in [-0.15, -0.1) is 0 Å². The van der Waals surface area contributed by atoms with Crippen molar-refractivity contribution < 1.29 is 61.6 Å². The molecule has 0 rings (SSSR count). The van der Waals surface area contributed by atoms with Crippen molar-refractivity contribution in [2.24, 2.45) is 22.7 Å². The van der Waals surface area contributed by atoms with Crippen molar-refractivity contribution in [3.05, 3.63) is 0 Å². The van der Waals surface area contributed by atoms with Crippen molar-refractivity contribution in [2.45, 2.75) is 79.9 Å². The summed E-state index contributed by atoms with van der Waals surface area (Å²) in [4.78, 5) is 24.1. The number of hydrogen-bond acceptors (Lipinski definition) is 7. The molecule has 9 heteroatoms. The quantitative estimate of drug-likeness (QED) is 0.275. The van der Waals surface area contributed by atoms with Crippen LogP contribution in [0.3, 0.4) is 0 Å². The van der Waals surface area contributed by atoms with Crippen molar-refractivity contribution in [3.8, 4) is 0 Å². The van der Waals surface area contributed by atoms with Gasteiger partial charge in [0.15, 0.2) is 5.25 Å². The first-order valence-electron chi connectivity index (χ1n) is 9.67. The summed E-state index contributed by atoms with van der Waals surface area (Å²) in [7, 11) is -5.03. The van der Waals surface area contributed by atoms with Gasteiger partial charge in [-0.3, -0.25) is 9.59 Å². The van der Waals surface area contributed by atoms with Crippen LogP contribution in [0, 0.1) is 22.7 Å². The Kier molecular flexibility index (Phi) is 13.5. The molecule has 166 valence electrons. The summed E-state index contributed by atoms with van der Waals surface area (Å²) in [5.41, 5.74) is 0.0731. The number of esters is 2. The molecule has 0 heterocycles. The fourth-order valence-corrected chi connectivity index (χ4v) is 3.92. The topological polar surface area (TPSA) is 110 Å². The van der Waals surface area contributed by atoms with Gasteiger partial charge in [0.1, 0.15) is 10.1 Å². The summed E-state index contributed by atoms with van der Waals surface area (Å²) in [6, 6.07) is 0. The molecule has 0 aliphatic carbocycles. The van der Waals surface area contributed by atoms with E-state index >= 15 is 0 Å². The predicted octanol–water partition coefficient (Wildman–Crippen LogP) is 0.525. The van der Waals surface area contributed by atoms with Crippen LogP contribution in [0.5, 0.6) is 0 Å². The van der Waals surface area contributed by atoms with Crippen LogP contribution in [-0.4, -0.2) is 43.4 Å². The summed E-state index contributed by atoms with van der Waals surface area (Å²) in [6.45, 7) is 16.1. The average molecular weight is 445 g/mol. The van der Waals surface area contributed by atoms with Crippen molar-refractivity contribution in [1.29, 1.82) is 0 Å². The van der Waals surface area contributed by atoms with Gasteiger partial charge in [0, 0.05) is 0 Å². The zero-order valence-corrected chi connectivity index (χ0v) is 22.4. The van der Waals surface area contributed by atoms with E-state index in [0.717, 1.165) is 12.8 Å². The molecule has 29 heavy (non-hydrogen) atoms. The SMILES string of the molecule is CC(COC(=O)CC(C(=O)OCC(C)CC(C)(C)C)S(=O)(=O)[O-])CC(C)(C)C.[Na+]. The second-order valence-corrected chi connectivity index (χ2v) is 11.8.